The molecule has 0 radical (unpaired) electrons. The van der Waals surface area contributed by atoms with Gasteiger partial charge in [-0.1, -0.05) is 19.1 Å². The third-order valence-corrected chi connectivity index (χ3v) is 5.63. The van der Waals surface area contributed by atoms with Crippen LogP contribution in [0.4, 0.5) is 0 Å². The Morgan fingerprint density at radius 3 is 2.81 bits per heavy atom. The number of aryl methyl sites for hydroxylation is 2. The van der Waals surface area contributed by atoms with Crippen LogP contribution in [-0.4, -0.2) is 28.1 Å². The van der Waals surface area contributed by atoms with Crippen molar-refractivity contribution in [2.24, 2.45) is 7.05 Å². The van der Waals surface area contributed by atoms with Crippen molar-refractivity contribution in [2.75, 3.05) is 12.3 Å². The number of benzene rings is 1. The molecular weight excluding hydrogens is 346 g/mol. The molecule has 0 aliphatic rings. The van der Waals surface area contributed by atoms with Crippen molar-refractivity contribution < 1.29 is 0 Å². The van der Waals surface area contributed by atoms with E-state index in [1.54, 1.807) is 0 Å². The Kier molecular flexibility index (Phi) is 6.80. The molecule has 1 unspecified atom stereocenters. The van der Waals surface area contributed by atoms with Crippen molar-refractivity contribution >= 4 is 27.7 Å². The molecule has 21 heavy (non-hydrogen) atoms. The van der Waals surface area contributed by atoms with E-state index in [4.69, 9.17) is 0 Å². The van der Waals surface area contributed by atoms with Crippen LogP contribution < -0.4 is 5.32 Å². The summed E-state index contributed by atoms with van der Waals surface area (Å²) in [5.41, 5.74) is 1.30. The van der Waals surface area contributed by atoms with E-state index in [9.17, 15) is 0 Å². The van der Waals surface area contributed by atoms with Crippen LogP contribution in [0.15, 0.2) is 45.9 Å². The average molecular weight is 368 g/mol. The molecule has 5 heteroatoms. The molecule has 0 aliphatic heterocycles. The topological polar surface area (TPSA) is 29.9 Å². The van der Waals surface area contributed by atoms with Crippen molar-refractivity contribution in [1.29, 1.82) is 0 Å². The van der Waals surface area contributed by atoms with E-state index in [0.717, 1.165) is 25.1 Å². The average Bonchev–Trinajstić information content (AvgIpc) is 2.89. The van der Waals surface area contributed by atoms with E-state index in [0.29, 0.717) is 6.04 Å². The van der Waals surface area contributed by atoms with Gasteiger partial charge in [-0.2, -0.15) is 5.10 Å². The Hall–Kier alpha value is -0.780. The first-order valence-electron chi connectivity index (χ1n) is 7.28. The molecule has 1 N–H and O–H groups in total. The number of hydrogen-bond acceptors (Lipinski definition) is 3. The van der Waals surface area contributed by atoms with Gasteiger partial charge in [0.05, 0.1) is 0 Å². The zero-order valence-electron chi connectivity index (χ0n) is 12.6. The lowest BCUT2D eigenvalue weighted by Crippen LogP contribution is -2.31. The molecule has 2 rings (SSSR count). The van der Waals surface area contributed by atoms with Crippen LogP contribution >= 0.6 is 27.7 Å². The maximum absolute atomic E-state index is 4.23. The van der Waals surface area contributed by atoms with Gasteiger partial charge in [0.25, 0.3) is 0 Å². The lowest BCUT2D eigenvalue weighted by molar-refractivity contribution is 0.526. The molecule has 0 spiro atoms. The van der Waals surface area contributed by atoms with Gasteiger partial charge in [-0.25, -0.2) is 0 Å². The van der Waals surface area contributed by atoms with Crippen LogP contribution in [0.25, 0.3) is 0 Å². The van der Waals surface area contributed by atoms with Crippen LogP contribution in [0.1, 0.15) is 19.0 Å². The van der Waals surface area contributed by atoms with Gasteiger partial charge in [0, 0.05) is 40.1 Å². The molecule has 1 aromatic carbocycles. The lowest BCUT2D eigenvalue weighted by atomic mass is 10.1. The van der Waals surface area contributed by atoms with Crippen molar-refractivity contribution in [3.05, 3.63) is 46.7 Å². The predicted molar refractivity (Wildman–Crippen MR) is 93.9 cm³/mol. The highest BCUT2D eigenvalue weighted by Crippen LogP contribution is 2.27. The molecule has 0 saturated heterocycles. The minimum Gasteiger partial charge on any atom is -0.313 e. The van der Waals surface area contributed by atoms with E-state index >= 15 is 0 Å². The number of aromatic nitrogens is 2. The fraction of sp³-hybridized carbons (Fsp3) is 0.438. The molecule has 0 fully saturated rings. The third-order valence-electron chi connectivity index (χ3n) is 3.44. The predicted octanol–water partition coefficient (Wildman–Crippen LogP) is 3.89. The van der Waals surface area contributed by atoms with Crippen LogP contribution in [0.3, 0.4) is 0 Å². The largest absolute Gasteiger partial charge is 0.313 e. The van der Waals surface area contributed by atoms with Gasteiger partial charge in [-0.3, -0.25) is 4.68 Å². The summed E-state index contributed by atoms with van der Waals surface area (Å²) in [6.45, 7) is 3.17. The van der Waals surface area contributed by atoms with Crippen molar-refractivity contribution in [1.82, 2.24) is 15.1 Å². The number of halogens is 1. The van der Waals surface area contributed by atoms with Gasteiger partial charge in [0.2, 0.25) is 0 Å². The van der Waals surface area contributed by atoms with Crippen LogP contribution in [-0.2, 0) is 13.5 Å². The molecule has 114 valence electrons. The van der Waals surface area contributed by atoms with Gasteiger partial charge < -0.3 is 5.32 Å². The quantitative estimate of drug-likeness (QED) is 0.717. The molecule has 3 nitrogen and oxygen atoms in total. The highest BCUT2D eigenvalue weighted by atomic mass is 79.9. The second-order valence-electron chi connectivity index (χ2n) is 4.98. The second kappa shape index (κ2) is 8.61. The summed E-state index contributed by atoms with van der Waals surface area (Å²) in [4.78, 5) is 1.31. The fourth-order valence-electron chi connectivity index (χ4n) is 2.25. The molecule has 0 saturated carbocycles. The first-order valence-corrected chi connectivity index (χ1v) is 9.06. The molecule has 0 aliphatic carbocycles. The maximum atomic E-state index is 4.23. The number of hydrogen-bond donors (Lipinski definition) is 1. The van der Waals surface area contributed by atoms with Gasteiger partial charge in [0.1, 0.15) is 0 Å². The summed E-state index contributed by atoms with van der Waals surface area (Å²) < 4.78 is 3.14. The van der Waals surface area contributed by atoms with Crippen LogP contribution in [0.2, 0.25) is 0 Å². The molecular formula is C16H22BrN3S. The highest BCUT2D eigenvalue weighted by molar-refractivity contribution is 9.10. The zero-order valence-corrected chi connectivity index (χ0v) is 15.0. The summed E-state index contributed by atoms with van der Waals surface area (Å²) >= 11 is 5.52. The van der Waals surface area contributed by atoms with Crippen molar-refractivity contribution in [3.8, 4) is 0 Å². The minimum absolute atomic E-state index is 0.516. The molecule has 0 bridgehead atoms. The molecule has 1 heterocycles. The van der Waals surface area contributed by atoms with E-state index in [1.807, 2.05) is 29.7 Å². The van der Waals surface area contributed by atoms with Gasteiger partial charge in [-0.05, 0) is 53.5 Å². The van der Waals surface area contributed by atoms with E-state index in [1.165, 1.54) is 15.1 Å². The van der Waals surface area contributed by atoms with Crippen molar-refractivity contribution in [3.63, 3.8) is 0 Å². The van der Waals surface area contributed by atoms with Crippen LogP contribution in [0, 0.1) is 0 Å². The smallest absolute Gasteiger partial charge is 0.0492 e. The Labute approximate surface area is 139 Å². The molecule has 1 atom stereocenters. The Morgan fingerprint density at radius 1 is 1.33 bits per heavy atom. The standard InChI is InChI=1S/C16H22BrN3S/c1-3-18-13(8-9-14-10-11-19-20(14)2)12-21-16-7-5-4-6-15(16)17/h4-7,10-11,13,18H,3,8-9,12H2,1-2H3. The van der Waals surface area contributed by atoms with Gasteiger partial charge >= 0.3 is 0 Å². The second-order valence-corrected chi connectivity index (χ2v) is 6.90. The maximum Gasteiger partial charge on any atom is 0.0492 e. The monoisotopic (exact) mass is 367 g/mol. The zero-order chi connectivity index (χ0) is 15.1. The SMILES string of the molecule is CCNC(CCc1ccnn1C)CSc1ccccc1Br. The summed E-state index contributed by atoms with van der Waals surface area (Å²) in [6, 6.07) is 11.0. The number of nitrogens with zero attached hydrogens (tertiary/aromatic N) is 2. The minimum atomic E-state index is 0.516. The number of rotatable bonds is 8. The number of nitrogens with one attached hydrogen (secondary N) is 1. The van der Waals surface area contributed by atoms with Gasteiger partial charge in [0.15, 0.2) is 0 Å². The van der Waals surface area contributed by atoms with Gasteiger partial charge in [-0.15, -0.1) is 11.8 Å². The van der Waals surface area contributed by atoms with E-state index in [2.05, 4.69) is 63.6 Å². The summed E-state index contributed by atoms with van der Waals surface area (Å²) in [7, 11) is 2.01. The first-order chi connectivity index (χ1) is 10.2. The summed E-state index contributed by atoms with van der Waals surface area (Å²) in [5.74, 6) is 1.08. The van der Waals surface area contributed by atoms with Crippen molar-refractivity contribution in [2.45, 2.75) is 30.7 Å². The summed E-state index contributed by atoms with van der Waals surface area (Å²) in [6.07, 6.45) is 4.06. The highest BCUT2D eigenvalue weighted by Gasteiger charge is 2.10. The molecule has 2 aromatic rings. The lowest BCUT2D eigenvalue weighted by Gasteiger charge is -2.18. The fourth-order valence-corrected chi connectivity index (χ4v) is 3.93. The first kappa shape index (κ1) is 16.6. The molecule has 1 aromatic heterocycles. The molecule has 0 amide bonds. The van der Waals surface area contributed by atoms with E-state index in [-0.39, 0.29) is 0 Å². The third kappa shape index (κ3) is 5.16. The Bertz CT molecular complexity index is 556. The van der Waals surface area contributed by atoms with Crippen LogP contribution in [0.5, 0.6) is 0 Å². The number of thioether (sulfide) groups is 1. The Morgan fingerprint density at radius 2 is 2.14 bits per heavy atom. The van der Waals surface area contributed by atoms with E-state index < -0.39 is 0 Å². The normalized spacial score (nSPS) is 12.5. The summed E-state index contributed by atoms with van der Waals surface area (Å²) in [5, 5.41) is 7.82. The Balaban J connectivity index is 1.87.